The van der Waals surface area contributed by atoms with Crippen LogP contribution in [-0.2, 0) is 4.79 Å². The molecule has 0 spiro atoms. The largest absolute Gasteiger partial charge is 0.506 e. The number of benzene rings is 2. The van der Waals surface area contributed by atoms with Gasteiger partial charge in [0.05, 0.1) is 12.2 Å². The van der Waals surface area contributed by atoms with Gasteiger partial charge in [-0.25, -0.2) is 0 Å². The average Bonchev–Trinajstić information content (AvgIpc) is 3.15. The number of nitrogens with zero attached hydrogens (tertiary/aromatic N) is 3. The minimum Gasteiger partial charge on any atom is -0.506 e. The molecule has 1 saturated heterocycles. The van der Waals surface area contributed by atoms with Crippen LogP contribution in [0.5, 0.6) is 5.75 Å². The van der Waals surface area contributed by atoms with Crippen molar-refractivity contribution < 1.29 is 14.7 Å². The topological polar surface area (TPSA) is 77.8 Å². The Balaban J connectivity index is 1.29. The van der Waals surface area contributed by atoms with Gasteiger partial charge in [0.15, 0.2) is 0 Å². The number of aryl methyl sites for hydroxylation is 2. The van der Waals surface area contributed by atoms with E-state index < -0.39 is 0 Å². The fraction of sp³-hybridized carbons (Fsp3) is 0.280. The van der Waals surface area contributed by atoms with Crippen LogP contribution in [0.4, 0.5) is 5.69 Å². The van der Waals surface area contributed by atoms with Gasteiger partial charge in [-0.2, -0.15) is 0 Å². The van der Waals surface area contributed by atoms with Crippen molar-refractivity contribution in [3.8, 4) is 11.4 Å². The van der Waals surface area contributed by atoms with Crippen LogP contribution < -0.4 is 10.2 Å². The number of phenolic OH excluding ortho intramolecular Hbond substituents is 1. The number of amides is 2. The molecule has 0 aliphatic carbocycles. The van der Waals surface area contributed by atoms with Crippen LogP contribution in [0.3, 0.4) is 0 Å². The molecule has 2 amide bonds. The molecular weight excluding hydrogens is 404 g/mol. The van der Waals surface area contributed by atoms with Crippen LogP contribution in [-0.4, -0.2) is 59.1 Å². The van der Waals surface area contributed by atoms with Gasteiger partial charge >= 0.3 is 0 Å². The molecule has 1 fully saturated rings. The number of phenols is 1. The number of anilines is 1. The van der Waals surface area contributed by atoms with Crippen molar-refractivity contribution in [1.29, 1.82) is 0 Å². The summed E-state index contributed by atoms with van der Waals surface area (Å²) in [6.07, 6.45) is 0. The van der Waals surface area contributed by atoms with Crippen LogP contribution in [0.25, 0.3) is 5.69 Å². The summed E-state index contributed by atoms with van der Waals surface area (Å²) in [6.45, 7) is 6.42. The van der Waals surface area contributed by atoms with E-state index in [-0.39, 0.29) is 24.1 Å². The number of aromatic hydroxyl groups is 1. The minimum absolute atomic E-state index is 0.0347. The van der Waals surface area contributed by atoms with Gasteiger partial charge in [0.25, 0.3) is 5.91 Å². The molecule has 166 valence electrons. The molecule has 0 unspecified atom stereocenters. The van der Waals surface area contributed by atoms with Gasteiger partial charge in [0.2, 0.25) is 5.91 Å². The highest BCUT2D eigenvalue weighted by atomic mass is 16.3. The number of para-hydroxylation sites is 2. The lowest BCUT2D eigenvalue weighted by Gasteiger charge is -2.36. The molecule has 2 N–H and O–H groups in total. The second-order valence-electron chi connectivity index (χ2n) is 8.04. The zero-order valence-corrected chi connectivity index (χ0v) is 18.4. The first kappa shape index (κ1) is 21.5. The Kier molecular flexibility index (Phi) is 6.16. The maximum Gasteiger partial charge on any atom is 0.251 e. The third kappa shape index (κ3) is 4.46. The van der Waals surface area contributed by atoms with Gasteiger partial charge in [-0.15, -0.1) is 0 Å². The Hall–Kier alpha value is -3.74. The molecule has 7 nitrogen and oxygen atoms in total. The molecule has 3 aromatic rings. The molecule has 0 saturated carbocycles. The van der Waals surface area contributed by atoms with E-state index in [1.54, 1.807) is 29.2 Å². The Morgan fingerprint density at radius 3 is 2.12 bits per heavy atom. The minimum atomic E-state index is -0.265. The normalized spacial score (nSPS) is 13.8. The van der Waals surface area contributed by atoms with Crippen molar-refractivity contribution in [2.75, 3.05) is 37.6 Å². The number of rotatable bonds is 5. The van der Waals surface area contributed by atoms with E-state index in [2.05, 4.69) is 26.9 Å². The molecule has 1 aliphatic rings. The van der Waals surface area contributed by atoms with Crippen LogP contribution >= 0.6 is 0 Å². The van der Waals surface area contributed by atoms with Crippen molar-refractivity contribution in [1.82, 2.24) is 14.8 Å². The van der Waals surface area contributed by atoms with Crippen LogP contribution in [0.15, 0.2) is 60.7 Å². The summed E-state index contributed by atoms with van der Waals surface area (Å²) in [5, 5.41) is 12.8. The predicted molar refractivity (Wildman–Crippen MR) is 124 cm³/mol. The monoisotopic (exact) mass is 432 g/mol. The van der Waals surface area contributed by atoms with Gasteiger partial charge in [-0.1, -0.05) is 12.1 Å². The molecular formula is C25H28N4O3. The van der Waals surface area contributed by atoms with Crippen molar-refractivity contribution in [2.45, 2.75) is 13.8 Å². The SMILES string of the molecule is Cc1ccc(C)n1-c1ccc(C(=O)NCC(=O)N2CCN(c3ccccc3O)CC2)cc1. The third-order valence-corrected chi connectivity index (χ3v) is 5.91. The lowest BCUT2D eigenvalue weighted by molar-refractivity contribution is -0.130. The number of aromatic nitrogens is 1. The van der Waals surface area contributed by atoms with E-state index in [9.17, 15) is 14.7 Å². The van der Waals surface area contributed by atoms with Crippen LogP contribution in [0, 0.1) is 13.8 Å². The third-order valence-electron chi connectivity index (χ3n) is 5.91. The van der Waals surface area contributed by atoms with E-state index in [0.29, 0.717) is 31.7 Å². The summed E-state index contributed by atoms with van der Waals surface area (Å²) in [5.41, 5.74) is 4.57. The first-order valence-corrected chi connectivity index (χ1v) is 10.8. The van der Waals surface area contributed by atoms with E-state index in [1.165, 1.54) is 0 Å². The maximum atomic E-state index is 12.6. The lowest BCUT2D eigenvalue weighted by atomic mass is 10.2. The Morgan fingerprint density at radius 1 is 0.875 bits per heavy atom. The number of carbonyl (C=O) groups excluding carboxylic acids is 2. The molecule has 2 aromatic carbocycles. The second-order valence-corrected chi connectivity index (χ2v) is 8.04. The van der Waals surface area contributed by atoms with Crippen molar-refractivity contribution in [2.24, 2.45) is 0 Å². The summed E-state index contributed by atoms with van der Waals surface area (Å²) in [6, 6.07) is 18.7. The Morgan fingerprint density at radius 2 is 1.50 bits per heavy atom. The highest BCUT2D eigenvalue weighted by Gasteiger charge is 2.23. The highest BCUT2D eigenvalue weighted by molar-refractivity contribution is 5.96. The van der Waals surface area contributed by atoms with E-state index in [4.69, 9.17) is 0 Å². The fourth-order valence-electron chi connectivity index (χ4n) is 4.14. The summed E-state index contributed by atoms with van der Waals surface area (Å²) < 4.78 is 2.13. The standard InChI is InChI=1S/C25H28N4O3/c1-18-7-8-19(2)29(18)21-11-9-20(10-12-21)25(32)26-17-24(31)28-15-13-27(14-16-28)22-5-3-4-6-23(22)30/h3-12,30H,13-17H2,1-2H3,(H,26,32). The highest BCUT2D eigenvalue weighted by Crippen LogP contribution is 2.27. The Labute approximate surface area is 187 Å². The van der Waals surface area contributed by atoms with E-state index in [0.717, 1.165) is 22.8 Å². The molecule has 32 heavy (non-hydrogen) atoms. The van der Waals surface area contributed by atoms with Crippen LogP contribution in [0.1, 0.15) is 21.7 Å². The summed E-state index contributed by atoms with van der Waals surface area (Å²) in [7, 11) is 0. The van der Waals surface area contributed by atoms with Gasteiger partial charge < -0.3 is 24.8 Å². The second kappa shape index (κ2) is 9.18. The summed E-state index contributed by atoms with van der Waals surface area (Å²) in [5.74, 6) is -0.128. The van der Waals surface area contributed by atoms with Gasteiger partial charge in [-0.05, 0) is 62.4 Å². The van der Waals surface area contributed by atoms with Gasteiger partial charge in [0.1, 0.15) is 5.75 Å². The summed E-state index contributed by atoms with van der Waals surface area (Å²) in [4.78, 5) is 28.9. The van der Waals surface area contributed by atoms with Gasteiger partial charge in [0, 0.05) is 48.8 Å². The number of nitrogens with one attached hydrogen (secondary N) is 1. The molecule has 0 atom stereocenters. The average molecular weight is 433 g/mol. The maximum absolute atomic E-state index is 12.6. The first-order valence-electron chi connectivity index (χ1n) is 10.8. The number of hydrogen-bond donors (Lipinski definition) is 2. The van der Waals surface area contributed by atoms with Crippen molar-refractivity contribution >= 4 is 17.5 Å². The molecule has 1 aromatic heterocycles. The number of hydrogen-bond acceptors (Lipinski definition) is 4. The molecule has 2 heterocycles. The van der Waals surface area contributed by atoms with Crippen molar-refractivity contribution in [3.63, 3.8) is 0 Å². The Bertz CT molecular complexity index is 1090. The molecule has 0 radical (unpaired) electrons. The molecule has 0 bridgehead atoms. The van der Waals surface area contributed by atoms with Crippen LogP contribution in [0.2, 0.25) is 0 Å². The first-order chi connectivity index (χ1) is 15.4. The number of carbonyl (C=O) groups is 2. The zero-order chi connectivity index (χ0) is 22.7. The van der Waals surface area contributed by atoms with E-state index >= 15 is 0 Å². The van der Waals surface area contributed by atoms with Crippen molar-refractivity contribution in [3.05, 3.63) is 77.6 Å². The zero-order valence-electron chi connectivity index (χ0n) is 18.4. The lowest BCUT2D eigenvalue weighted by Crippen LogP contribution is -2.51. The predicted octanol–water partition coefficient (Wildman–Crippen LogP) is 2.88. The molecule has 1 aliphatic heterocycles. The fourth-order valence-corrected chi connectivity index (χ4v) is 4.14. The number of piperazine rings is 1. The quantitative estimate of drug-likeness (QED) is 0.650. The smallest absolute Gasteiger partial charge is 0.251 e. The van der Waals surface area contributed by atoms with E-state index in [1.807, 2.05) is 38.1 Å². The summed E-state index contributed by atoms with van der Waals surface area (Å²) >= 11 is 0. The molecule has 4 rings (SSSR count). The molecule has 7 heteroatoms. The van der Waals surface area contributed by atoms with Gasteiger partial charge in [-0.3, -0.25) is 9.59 Å².